The van der Waals surface area contributed by atoms with Gasteiger partial charge in [0.25, 0.3) is 11.8 Å². The molecule has 0 bridgehead atoms. The molecule has 1 N–H and O–H groups in total. The highest BCUT2D eigenvalue weighted by molar-refractivity contribution is 7.99. The van der Waals surface area contributed by atoms with Crippen molar-refractivity contribution in [3.05, 3.63) is 40.7 Å². The third kappa shape index (κ3) is 7.46. The minimum absolute atomic E-state index is 0.0659. The topological polar surface area (TPSA) is 108 Å². The minimum atomic E-state index is -5.06. The molecule has 9 nitrogen and oxygen atoms in total. The maximum absolute atomic E-state index is 16.0. The molecule has 1 aliphatic carbocycles. The molecule has 0 aliphatic heterocycles. The van der Waals surface area contributed by atoms with Crippen LogP contribution in [0.15, 0.2) is 16.8 Å². The number of amides is 2. The molecule has 242 valence electrons. The molecule has 3 aromatic rings. The van der Waals surface area contributed by atoms with Crippen LogP contribution in [0.1, 0.15) is 79.1 Å². The number of benzene rings is 1. The Balaban J connectivity index is 1.75. The highest BCUT2D eigenvalue weighted by atomic mass is 32.2. The zero-order valence-electron chi connectivity index (χ0n) is 24.2. The summed E-state index contributed by atoms with van der Waals surface area (Å²) in [5.41, 5.74) is -3.52. The summed E-state index contributed by atoms with van der Waals surface area (Å²) >= 11 is 0.497. The number of aromatic amines is 1. The maximum Gasteiger partial charge on any atom is 0.408 e. The van der Waals surface area contributed by atoms with Crippen molar-refractivity contribution in [1.82, 2.24) is 30.3 Å². The Labute approximate surface area is 251 Å². The van der Waals surface area contributed by atoms with E-state index >= 15 is 4.39 Å². The lowest BCUT2D eigenvalue weighted by molar-refractivity contribution is -0.188. The predicted octanol–water partition coefficient (Wildman–Crippen LogP) is 6.53. The molecule has 1 aromatic carbocycles. The minimum Gasteiger partial charge on any atom is -0.340 e. The Hall–Kier alpha value is -3.37. The van der Waals surface area contributed by atoms with Gasteiger partial charge in [-0.05, 0) is 63.6 Å². The third-order valence-corrected chi connectivity index (χ3v) is 8.74. The predicted molar refractivity (Wildman–Crippen MR) is 146 cm³/mol. The fourth-order valence-electron chi connectivity index (χ4n) is 5.41. The summed E-state index contributed by atoms with van der Waals surface area (Å²) < 4.78 is 102. The van der Waals surface area contributed by atoms with E-state index < -0.39 is 69.9 Å². The van der Waals surface area contributed by atoms with Crippen molar-refractivity contribution in [3.63, 3.8) is 0 Å². The van der Waals surface area contributed by atoms with Crippen molar-refractivity contribution in [2.75, 3.05) is 19.3 Å². The quantitative estimate of drug-likeness (QED) is 0.196. The molecule has 2 heterocycles. The molecule has 4 rings (SSSR count). The fraction of sp³-hybridized carbons (Fsp3) is 0.593. The molecule has 2 amide bonds. The van der Waals surface area contributed by atoms with Crippen molar-refractivity contribution in [1.29, 1.82) is 0 Å². The number of halogens is 7. The fourth-order valence-corrected chi connectivity index (χ4v) is 6.19. The van der Waals surface area contributed by atoms with Gasteiger partial charge in [0.2, 0.25) is 0 Å². The van der Waals surface area contributed by atoms with Gasteiger partial charge in [0.15, 0.2) is 11.5 Å². The average molecular weight is 653 g/mol. The Kier molecular flexibility index (Phi) is 9.85. The van der Waals surface area contributed by atoms with Crippen LogP contribution in [0.4, 0.5) is 30.8 Å². The van der Waals surface area contributed by atoms with Crippen LogP contribution in [0.25, 0.3) is 11.0 Å². The third-order valence-electron chi connectivity index (χ3n) is 7.76. The van der Waals surface area contributed by atoms with E-state index in [1.54, 1.807) is 0 Å². The van der Waals surface area contributed by atoms with E-state index in [4.69, 9.17) is 0 Å². The number of hydrogen-bond donors (Lipinski definition) is 1. The van der Waals surface area contributed by atoms with Crippen LogP contribution in [0.3, 0.4) is 0 Å². The van der Waals surface area contributed by atoms with Crippen LogP contribution in [0.2, 0.25) is 0 Å². The van der Waals surface area contributed by atoms with Crippen molar-refractivity contribution < 1.29 is 45.0 Å². The van der Waals surface area contributed by atoms with Gasteiger partial charge in [0.1, 0.15) is 34.8 Å². The summed E-state index contributed by atoms with van der Waals surface area (Å²) in [5, 5.41) is 6.22. The smallest absolute Gasteiger partial charge is 0.340 e. The monoisotopic (exact) mass is 652 g/mol. The largest absolute Gasteiger partial charge is 0.408 e. The van der Waals surface area contributed by atoms with Crippen molar-refractivity contribution in [3.8, 4) is 0 Å². The molecule has 3 atom stereocenters. The van der Waals surface area contributed by atoms with Gasteiger partial charge in [-0.15, -0.1) is 11.8 Å². The highest BCUT2D eigenvalue weighted by Crippen LogP contribution is 2.43. The molecule has 0 radical (unpaired) electrons. The Morgan fingerprint density at radius 2 is 1.89 bits per heavy atom. The number of aromatic nitrogens is 4. The lowest BCUT2D eigenvalue weighted by Gasteiger charge is -2.38. The van der Waals surface area contributed by atoms with Crippen LogP contribution >= 0.6 is 11.8 Å². The Morgan fingerprint density at radius 1 is 1.23 bits per heavy atom. The number of carbonyl (C=O) groups is 2. The summed E-state index contributed by atoms with van der Waals surface area (Å²) in [6.07, 6.45) is -3.95. The summed E-state index contributed by atoms with van der Waals surface area (Å²) in [5.74, 6) is -5.97. The van der Waals surface area contributed by atoms with E-state index in [-0.39, 0.29) is 47.0 Å². The molecule has 1 aliphatic rings. The number of nitrogens with one attached hydrogen (secondary N) is 1. The van der Waals surface area contributed by atoms with E-state index in [1.165, 1.54) is 31.9 Å². The van der Waals surface area contributed by atoms with Crippen LogP contribution in [-0.4, -0.2) is 78.8 Å². The average Bonchev–Trinajstić information content (AvgIpc) is 3.55. The number of alkyl halides is 5. The zero-order valence-corrected chi connectivity index (χ0v) is 25.0. The van der Waals surface area contributed by atoms with Gasteiger partial charge in [-0.3, -0.25) is 9.59 Å². The van der Waals surface area contributed by atoms with Gasteiger partial charge in [0.05, 0.1) is 17.5 Å². The number of rotatable bonds is 10. The number of carbonyl (C=O) groups excluding carboxylic acids is 2. The molecule has 17 heteroatoms. The van der Waals surface area contributed by atoms with Gasteiger partial charge in [-0.25, -0.2) is 22.8 Å². The number of hydrogen-bond acceptors (Lipinski definition) is 7. The first kappa shape index (κ1) is 33.5. The van der Waals surface area contributed by atoms with Crippen LogP contribution < -0.4 is 0 Å². The van der Waals surface area contributed by atoms with Gasteiger partial charge in [-0.1, -0.05) is 15.7 Å². The number of H-pyrrole nitrogens is 1. The molecule has 1 fully saturated rings. The zero-order chi connectivity index (χ0) is 32.6. The Bertz CT molecular complexity index is 1480. The standard InChI is InChI=1S/C27H31F7N6O3S/c1-13-20(38-43-37-13)25(42)39(4)22(15-7-9-26(3,30)10-8-15)23-35-18-6-5-16(19(29)21(18)36-23)17(11-44-14(2)28)24(41)40(34)12-27(31,32)33/h5-6,14-15,17,22H,7-12H2,1-4H3,(H,35,36)/t14?,15?,17-,22-,26?/m0/s1. The molecule has 0 saturated heterocycles. The van der Waals surface area contributed by atoms with E-state index in [1.807, 2.05) is 0 Å². The van der Waals surface area contributed by atoms with E-state index in [2.05, 4.69) is 24.9 Å². The molecule has 1 unspecified atom stereocenters. The van der Waals surface area contributed by atoms with Crippen molar-refractivity contribution >= 4 is 34.6 Å². The number of fused-ring (bicyclic) bond motifs is 1. The van der Waals surface area contributed by atoms with Gasteiger partial charge >= 0.3 is 6.18 Å². The van der Waals surface area contributed by atoms with Crippen LogP contribution in [0.5, 0.6) is 0 Å². The molecule has 44 heavy (non-hydrogen) atoms. The molecule has 0 spiro atoms. The van der Waals surface area contributed by atoms with Crippen molar-refractivity contribution in [2.24, 2.45) is 5.92 Å². The summed E-state index contributed by atoms with van der Waals surface area (Å²) in [6, 6.07) is 1.57. The lowest BCUT2D eigenvalue weighted by atomic mass is 9.77. The molecule has 2 aromatic heterocycles. The number of imidazole rings is 1. The van der Waals surface area contributed by atoms with Gasteiger partial charge in [0, 0.05) is 18.4 Å². The van der Waals surface area contributed by atoms with Gasteiger partial charge < -0.3 is 9.88 Å². The first-order valence-corrected chi connectivity index (χ1v) is 14.8. The van der Waals surface area contributed by atoms with Crippen LogP contribution in [-0.2, 0) is 4.79 Å². The normalized spacial score (nSPS) is 21.2. The van der Waals surface area contributed by atoms with Gasteiger partial charge in [-0.2, -0.15) is 18.3 Å². The highest BCUT2D eigenvalue weighted by Gasteiger charge is 2.41. The maximum atomic E-state index is 16.0. The Morgan fingerprint density at radius 3 is 2.45 bits per heavy atom. The van der Waals surface area contributed by atoms with Crippen molar-refractivity contribution in [2.45, 2.75) is 75.8 Å². The molecule has 1 saturated carbocycles. The summed E-state index contributed by atoms with van der Waals surface area (Å²) in [7, 11) is 1.47. The van der Waals surface area contributed by atoms with E-state index in [0.717, 1.165) is 13.0 Å². The van der Waals surface area contributed by atoms with E-state index in [0.29, 0.717) is 24.6 Å². The SMILES string of the molecule is Cc1nonc1C(=O)N(C)[C@H](c1nc2c(F)c([C@H](CSC(C)F)C(=O)N(F)CC(F)(F)F)ccc2[nH]1)C1CCC(C)(F)CC1. The van der Waals surface area contributed by atoms with Crippen LogP contribution in [0, 0.1) is 18.7 Å². The summed E-state index contributed by atoms with van der Waals surface area (Å²) in [6.45, 7) is 1.89. The first-order chi connectivity index (χ1) is 20.5. The number of thioether (sulfide) groups is 1. The summed E-state index contributed by atoms with van der Waals surface area (Å²) in [4.78, 5) is 34.8. The second-order valence-corrected chi connectivity index (χ2v) is 12.5. The number of nitrogens with zero attached hydrogens (tertiary/aromatic N) is 5. The second-order valence-electron chi connectivity index (χ2n) is 11.2. The first-order valence-electron chi connectivity index (χ1n) is 13.7. The lowest BCUT2D eigenvalue weighted by Crippen LogP contribution is -2.39. The number of aryl methyl sites for hydroxylation is 1. The van der Waals surface area contributed by atoms with E-state index in [9.17, 15) is 36.0 Å². The second kappa shape index (κ2) is 12.9. The molecular weight excluding hydrogens is 621 g/mol. The molecular formula is C27H31F7N6O3S.